The van der Waals surface area contributed by atoms with Crippen LogP contribution in [0, 0.1) is 6.92 Å². The van der Waals surface area contributed by atoms with Gasteiger partial charge in [0.05, 0.1) is 5.69 Å². The number of aromatic nitrogens is 1. The number of carbonyl (C=O) groups excluding carboxylic acids is 2. The molecule has 0 atom stereocenters. The van der Waals surface area contributed by atoms with E-state index in [-0.39, 0.29) is 17.7 Å². The van der Waals surface area contributed by atoms with Gasteiger partial charge in [-0.05, 0) is 31.2 Å². The summed E-state index contributed by atoms with van der Waals surface area (Å²) in [5.41, 5.74) is 2.91. The molecule has 2 aromatic rings. The maximum Gasteiger partial charge on any atom is 0.261 e. The summed E-state index contributed by atoms with van der Waals surface area (Å²) in [7, 11) is 0. The molecule has 7 nitrogen and oxygen atoms in total. The van der Waals surface area contributed by atoms with Crippen LogP contribution in [0.2, 0.25) is 0 Å². The van der Waals surface area contributed by atoms with Gasteiger partial charge < -0.3 is 19.6 Å². The van der Waals surface area contributed by atoms with Crippen molar-refractivity contribution in [2.45, 2.75) is 33.6 Å². The molecule has 7 heteroatoms. The first-order valence-corrected chi connectivity index (χ1v) is 9.25. The number of carbonyl (C=O) groups is 2. The van der Waals surface area contributed by atoms with E-state index >= 15 is 0 Å². The first-order valence-electron chi connectivity index (χ1n) is 9.25. The molecular weight excluding hydrogens is 344 g/mol. The third-order valence-electron chi connectivity index (χ3n) is 4.86. The Hall–Kier alpha value is -2.83. The van der Waals surface area contributed by atoms with Crippen LogP contribution in [0.15, 0.2) is 28.8 Å². The number of nitrogens with zero attached hydrogens (tertiary/aromatic N) is 3. The van der Waals surface area contributed by atoms with Gasteiger partial charge in [-0.1, -0.05) is 19.0 Å². The summed E-state index contributed by atoms with van der Waals surface area (Å²) in [6, 6.07) is 7.76. The van der Waals surface area contributed by atoms with Gasteiger partial charge in [-0.3, -0.25) is 9.59 Å². The molecular formula is C20H26N4O3. The Morgan fingerprint density at radius 2 is 1.74 bits per heavy atom. The Bertz CT molecular complexity index is 818. The average Bonchev–Trinajstić information content (AvgIpc) is 3.04. The van der Waals surface area contributed by atoms with Crippen molar-refractivity contribution in [3.05, 3.63) is 41.3 Å². The highest BCUT2D eigenvalue weighted by Gasteiger charge is 2.23. The number of hydrogen-bond donors (Lipinski definition) is 1. The maximum absolute atomic E-state index is 12.6. The summed E-state index contributed by atoms with van der Waals surface area (Å²) >= 11 is 0. The van der Waals surface area contributed by atoms with Crippen molar-refractivity contribution in [2.75, 3.05) is 36.4 Å². The normalized spacial score (nSPS) is 14.6. The van der Waals surface area contributed by atoms with Gasteiger partial charge in [0.25, 0.3) is 5.91 Å². The van der Waals surface area contributed by atoms with E-state index in [1.54, 1.807) is 13.8 Å². The molecule has 0 spiro atoms. The zero-order valence-electron chi connectivity index (χ0n) is 16.3. The quantitative estimate of drug-likeness (QED) is 0.895. The van der Waals surface area contributed by atoms with Gasteiger partial charge in [-0.2, -0.15) is 0 Å². The predicted molar refractivity (Wildman–Crippen MR) is 104 cm³/mol. The molecule has 1 aliphatic rings. The molecule has 0 unspecified atom stereocenters. The molecule has 2 heterocycles. The number of rotatable bonds is 4. The minimum atomic E-state index is -0.208. The molecule has 1 N–H and O–H groups in total. The predicted octanol–water partition coefficient (Wildman–Crippen LogP) is 3.03. The lowest BCUT2D eigenvalue weighted by Gasteiger charge is -2.35. The van der Waals surface area contributed by atoms with E-state index in [1.807, 2.05) is 43.0 Å². The lowest BCUT2D eigenvalue weighted by atomic mass is 10.0. The molecule has 0 saturated carbocycles. The first kappa shape index (κ1) is 18.9. The van der Waals surface area contributed by atoms with Gasteiger partial charge in [0.2, 0.25) is 5.91 Å². The summed E-state index contributed by atoms with van der Waals surface area (Å²) in [4.78, 5) is 28.2. The van der Waals surface area contributed by atoms with E-state index in [4.69, 9.17) is 4.52 Å². The fraction of sp³-hybridized carbons (Fsp3) is 0.450. The van der Waals surface area contributed by atoms with E-state index in [0.717, 1.165) is 37.6 Å². The highest BCUT2D eigenvalue weighted by molar-refractivity contribution is 6.05. The molecule has 0 radical (unpaired) electrons. The largest absolute Gasteiger partial charge is 0.368 e. The molecule has 0 aliphatic carbocycles. The second-order valence-electron chi connectivity index (χ2n) is 7.16. The lowest BCUT2D eigenvalue weighted by molar-refractivity contribution is -0.129. The zero-order valence-corrected chi connectivity index (χ0v) is 16.3. The molecule has 0 bridgehead atoms. The van der Waals surface area contributed by atoms with Crippen LogP contribution in [0.4, 0.5) is 11.4 Å². The zero-order chi connectivity index (χ0) is 19.6. The topological polar surface area (TPSA) is 78.7 Å². The van der Waals surface area contributed by atoms with E-state index in [9.17, 15) is 9.59 Å². The minimum absolute atomic E-state index is 0.0861. The van der Waals surface area contributed by atoms with Crippen molar-refractivity contribution < 1.29 is 14.1 Å². The summed E-state index contributed by atoms with van der Waals surface area (Å²) in [5.74, 6) is 0.603. The number of nitrogens with one attached hydrogen (secondary N) is 1. The molecule has 144 valence electrons. The molecule has 1 aliphatic heterocycles. The second kappa shape index (κ2) is 7.82. The lowest BCUT2D eigenvalue weighted by Crippen LogP contribution is -2.48. The van der Waals surface area contributed by atoms with E-state index < -0.39 is 0 Å². The molecule has 2 amide bonds. The Morgan fingerprint density at radius 3 is 2.30 bits per heavy atom. The van der Waals surface area contributed by atoms with Crippen LogP contribution in [0.1, 0.15) is 48.5 Å². The van der Waals surface area contributed by atoms with Crippen LogP contribution in [-0.2, 0) is 4.79 Å². The summed E-state index contributed by atoms with van der Waals surface area (Å²) < 4.78 is 5.29. The van der Waals surface area contributed by atoms with Gasteiger partial charge in [-0.25, -0.2) is 0 Å². The third-order valence-corrected chi connectivity index (χ3v) is 4.86. The van der Waals surface area contributed by atoms with Crippen LogP contribution in [-0.4, -0.2) is 48.0 Å². The van der Waals surface area contributed by atoms with Crippen LogP contribution in [0.5, 0.6) is 0 Å². The van der Waals surface area contributed by atoms with Crippen molar-refractivity contribution in [1.29, 1.82) is 0 Å². The SMILES string of the molecule is CC(=O)N1CCN(c2ccc(NC(=O)c3c(C)noc3C(C)C)cc2)CC1. The average molecular weight is 370 g/mol. The van der Waals surface area contributed by atoms with E-state index in [2.05, 4.69) is 15.4 Å². The smallest absolute Gasteiger partial charge is 0.261 e. The van der Waals surface area contributed by atoms with Gasteiger partial charge in [0.15, 0.2) is 5.76 Å². The van der Waals surface area contributed by atoms with Gasteiger partial charge in [0, 0.05) is 50.4 Å². The Labute approximate surface area is 159 Å². The van der Waals surface area contributed by atoms with Crippen molar-refractivity contribution in [3.63, 3.8) is 0 Å². The molecule has 27 heavy (non-hydrogen) atoms. The molecule has 1 aromatic carbocycles. The van der Waals surface area contributed by atoms with Crippen LogP contribution < -0.4 is 10.2 Å². The van der Waals surface area contributed by atoms with Crippen LogP contribution >= 0.6 is 0 Å². The van der Waals surface area contributed by atoms with Gasteiger partial charge in [0.1, 0.15) is 5.56 Å². The summed E-state index contributed by atoms with van der Waals surface area (Å²) in [5, 5.41) is 6.85. The fourth-order valence-corrected chi connectivity index (χ4v) is 3.29. The molecule has 1 saturated heterocycles. The Kier molecular flexibility index (Phi) is 5.48. The fourth-order valence-electron chi connectivity index (χ4n) is 3.29. The number of amides is 2. The van der Waals surface area contributed by atoms with Crippen molar-refractivity contribution >= 4 is 23.2 Å². The number of piperazine rings is 1. The van der Waals surface area contributed by atoms with Crippen molar-refractivity contribution in [1.82, 2.24) is 10.1 Å². The second-order valence-corrected chi connectivity index (χ2v) is 7.16. The summed E-state index contributed by atoms with van der Waals surface area (Å²) in [6.07, 6.45) is 0. The number of benzene rings is 1. The van der Waals surface area contributed by atoms with Crippen molar-refractivity contribution in [3.8, 4) is 0 Å². The van der Waals surface area contributed by atoms with Gasteiger partial charge in [-0.15, -0.1) is 0 Å². The number of hydrogen-bond acceptors (Lipinski definition) is 5. The van der Waals surface area contributed by atoms with Crippen LogP contribution in [0.3, 0.4) is 0 Å². The standard InChI is InChI=1S/C20H26N4O3/c1-13(2)19-18(14(3)22-27-19)20(26)21-16-5-7-17(8-6-16)24-11-9-23(10-12-24)15(4)25/h5-8,13H,9-12H2,1-4H3,(H,21,26). The van der Waals surface area contributed by atoms with E-state index in [1.165, 1.54) is 0 Å². The highest BCUT2D eigenvalue weighted by Crippen LogP contribution is 2.24. The van der Waals surface area contributed by atoms with E-state index in [0.29, 0.717) is 17.0 Å². The number of aryl methyl sites for hydroxylation is 1. The maximum atomic E-state index is 12.6. The Morgan fingerprint density at radius 1 is 1.11 bits per heavy atom. The third kappa shape index (κ3) is 4.13. The minimum Gasteiger partial charge on any atom is -0.368 e. The number of anilines is 2. The highest BCUT2D eigenvalue weighted by atomic mass is 16.5. The molecule has 1 aromatic heterocycles. The summed E-state index contributed by atoms with van der Waals surface area (Å²) in [6.45, 7) is 10.4. The molecule has 1 fully saturated rings. The Balaban J connectivity index is 1.66. The molecule has 3 rings (SSSR count). The monoisotopic (exact) mass is 370 g/mol. The first-order chi connectivity index (χ1) is 12.9. The van der Waals surface area contributed by atoms with Crippen molar-refractivity contribution in [2.24, 2.45) is 0 Å². The van der Waals surface area contributed by atoms with Gasteiger partial charge >= 0.3 is 0 Å². The van der Waals surface area contributed by atoms with Crippen LogP contribution in [0.25, 0.3) is 0 Å².